The van der Waals surface area contributed by atoms with Gasteiger partial charge in [-0.2, -0.15) is 0 Å². The molecule has 13 heavy (non-hydrogen) atoms. The van der Waals surface area contributed by atoms with E-state index in [-0.39, 0.29) is 0 Å². The van der Waals surface area contributed by atoms with Gasteiger partial charge < -0.3 is 15.1 Å². The van der Waals surface area contributed by atoms with Crippen LogP contribution in [0.15, 0.2) is 12.0 Å². The smallest absolute Gasteiger partial charge is 0.350 e. The summed E-state index contributed by atoms with van der Waals surface area (Å²) in [5.41, 5.74) is 0. The summed E-state index contributed by atoms with van der Waals surface area (Å²) in [5, 5.41) is 3.01. The molecule has 0 unspecified atom stereocenters. The van der Waals surface area contributed by atoms with E-state index in [1.165, 1.54) is 25.5 Å². The fourth-order valence-electron chi connectivity index (χ4n) is 1.55. The molecule has 1 saturated carbocycles. The Morgan fingerprint density at radius 1 is 1.23 bits per heavy atom. The fourth-order valence-corrected chi connectivity index (χ4v) is 1.83. The van der Waals surface area contributed by atoms with Gasteiger partial charge in [0.2, 0.25) is 0 Å². The maximum absolute atomic E-state index is 10.4. The van der Waals surface area contributed by atoms with Gasteiger partial charge in [-0.25, -0.2) is 0 Å². The molecule has 0 aromatic carbocycles. The van der Waals surface area contributed by atoms with Crippen molar-refractivity contribution in [2.75, 3.05) is 0 Å². The molecule has 0 aliphatic heterocycles. The molecule has 0 aromatic heterocycles. The van der Waals surface area contributed by atoms with E-state index in [0.29, 0.717) is 6.04 Å². The van der Waals surface area contributed by atoms with E-state index in [1.807, 2.05) is 0 Å². The van der Waals surface area contributed by atoms with Gasteiger partial charge >= 0.3 is 7.60 Å². The minimum Gasteiger partial charge on any atom is -0.388 e. The predicted octanol–water partition coefficient (Wildman–Crippen LogP) is 1.56. The maximum Gasteiger partial charge on any atom is 0.350 e. The van der Waals surface area contributed by atoms with E-state index in [2.05, 4.69) is 5.32 Å². The Morgan fingerprint density at radius 3 is 2.38 bits per heavy atom. The van der Waals surface area contributed by atoms with Crippen LogP contribution in [-0.2, 0) is 4.57 Å². The van der Waals surface area contributed by atoms with Gasteiger partial charge in [0.05, 0.1) is 0 Å². The number of rotatable bonds is 3. The van der Waals surface area contributed by atoms with Crippen molar-refractivity contribution in [2.45, 2.75) is 38.1 Å². The normalized spacial score (nSPS) is 20.8. The Hall–Kier alpha value is -0.310. The average Bonchev–Trinajstić information content (AvgIpc) is 2.04. The van der Waals surface area contributed by atoms with Gasteiger partial charge in [-0.15, -0.1) is 0 Å². The van der Waals surface area contributed by atoms with Crippen molar-refractivity contribution in [3.8, 4) is 0 Å². The zero-order valence-corrected chi connectivity index (χ0v) is 8.41. The van der Waals surface area contributed by atoms with Crippen LogP contribution < -0.4 is 5.32 Å². The molecule has 0 heterocycles. The van der Waals surface area contributed by atoms with Crippen molar-refractivity contribution in [1.29, 1.82) is 0 Å². The molecule has 76 valence electrons. The topological polar surface area (TPSA) is 69.6 Å². The van der Waals surface area contributed by atoms with Crippen LogP contribution in [0.5, 0.6) is 0 Å². The first-order chi connectivity index (χ1) is 6.08. The molecule has 1 fully saturated rings. The Balaban J connectivity index is 2.25. The van der Waals surface area contributed by atoms with Crippen LogP contribution in [0.4, 0.5) is 0 Å². The first kappa shape index (κ1) is 10.8. The van der Waals surface area contributed by atoms with Crippen LogP contribution >= 0.6 is 7.60 Å². The van der Waals surface area contributed by atoms with Crippen molar-refractivity contribution in [3.63, 3.8) is 0 Å². The van der Waals surface area contributed by atoms with E-state index < -0.39 is 7.60 Å². The lowest BCUT2D eigenvalue weighted by Gasteiger charge is -2.21. The summed E-state index contributed by atoms with van der Waals surface area (Å²) in [7, 11) is -3.98. The van der Waals surface area contributed by atoms with Crippen LogP contribution in [0.25, 0.3) is 0 Å². The third-order valence-electron chi connectivity index (χ3n) is 2.21. The van der Waals surface area contributed by atoms with Crippen LogP contribution in [0.2, 0.25) is 0 Å². The third kappa shape index (κ3) is 5.09. The summed E-state index contributed by atoms with van der Waals surface area (Å²) in [4.78, 5) is 17.1. The molecule has 1 aliphatic rings. The molecule has 1 rings (SSSR count). The first-order valence-electron chi connectivity index (χ1n) is 4.57. The molecule has 3 N–H and O–H groups in total. The number of nitrogens with one attached hydrogen (secondary N) is 1. The highest BCUT2D eigenvalue weighted by Gasteiger charge is 2.11. The van der Waals surface area contributed by atoms with Gasteiger partial charge in [0.1, 0.15) is 0 Å². The van der Waals surface area contributed by atoms with Gasteiger partial charge in [0.25, 0.3) is 0 Å². The van der Waals surface area contributed by atoms with Crippen molar-refractivity contribution < 1.29 is 14.4 Å². The molecular weight excluding hydrogens is 189 g/mol. The largest absolute Gasteiger partial charge is 0.388 e. The van der Waals surface area contributed by atoms with Gasteiger partial charge in [-0.3, -0.25) is 4.57 Å². The molecule has 0 radical (unpaired) electrons. The van der Waals surface area contributed by atoms with Gasteiger partial charge in [0, 0.05) is 18.1 Å². The SMILES string of the molecule is O=P(O)(O)C=CNC1CCCCC1. The molecule has 1 aliphatic carbocycles. The molecule has 0 amide bonds. The van der Waals surface area contributed by atoms with Crippen molar-refractivity contribution in [2.24, 2.45) is 0 Å². The average molecular weight is 205 g/mol. The molecule has 4 nitrogen and oxygen atoms in total. The fraction of sp³-hybridized carbons (Fsp3) is 0.750. The molecule has 0 saturated heterocycles. The summed E-state index contributed by atoms with van der Waals surface area (Å²) < 4.78 is 10.4. The standard InChI is InChI=1S/C8H16NO3P/c10-13(11,12)7-6-9-8-4-2-1-3-5-8/h6-9H,1-5H2,(H2,10,11,12). The second kappa shape index (κ2) is 4.80. The highest BCUT2D eigenvalue weighted by molar-refractivity contribution is 7.55. The van der Waals surface area contributed by atoms with E-state index in [4.69, 9.17) is 9.79 Å². The van der Waals surface area contributed by atoms with Crippen LogP contribution in [0, 0.1) is 0 Å². The first-order valence-corrected chi connectivity index (χ1v) is 6.25. The van der Waals surface area contributed by atoms with E-state index in [0.717, 1.165) is 18.7 Å². The molecule has 5 heteroatoms. The summed E-state index contributed by atoms with van der Waals surface area (Å²) in [6, 6.07) is 0.400. The lowest BCUT2D eigenvalue weighted by molar-refractivity contribution is 0.384. The monoisotopic (exact) mass is 205 g/mol. The van der Waals surface area contributed by atoms with E-state index in [1.54, 1.807) is 0 Å². The van der Waals surface area contributed by atoms with Crippen LogP contribution in [0.1, 0.15) is 32.1 Å². The molecule has 0 aromatic rings. The summed E-state index contributed by atoms with van der Waals surface area (Å²) >= 11 is 0. The van der Waals surface area contributed by atoms with Crippen LogP contribution in [0.3, 0.4) is 0 Å². The summed E-state index contributed by atoms with van der Waals surface area (Å²) in [6.07, 6.45) is 7.29. The lowest BCUT2D eigenvalue weighted by atomic mass is 9.96. The second-order valence-electron chi connectivity index (χ2n) is 3.41. The number of hydrogen-bond donors (Lipinski definition) is 3. The van der Waals surface area contributed by atoms with Gasteiger partial charge in [-0.1, -0.05) is 19.3 Å². The quantitative estimate of drug-likeness (QED) is 0.611. The highest BCUT2D eigenvalue weighted by Crippen LogP contribution is 2.35. The second-order valence-corrected chi connectivity index (χ2v) is 4.88. The molecule has 0 atom stereocenters. The Kier molecular flexibility index (Phi) is 3.97. The zero-order chi connectivity index (χ0) is 9.73. The maximum atomic E-state index is 10.4. The minimum absolute atomic E-state index is 0.400. The molecule has 0 bridgehead atoms. The van der Waals surface area contributed by atoms with E-state index >= 15 is 0 Å². The summed E-state index contributed by atoms with van der Waals surface area (Å²) in [6.45, 7) is 0. The van der Waals surface area contributed by atoms with Crippen molar-refractivity contribution in [3.05, 3.63) is 12.0 Å². The third-order valence-corrected chi connectivity index (χ3v) is 2.74. The molecular formula is C8H16NO3P. The van der Waals surface area contributed by atoms with Crippen molar-refractivity contribution >= 4 is 7.60 Å². The van der Waals surface area contributed by atoms with Gasteiger partial charge in [0.15, 0.2) is 0 Å². The Labute approximate surface area is 78.2 Å². The Bertz CT molecular complexity index is 217. The van der Waals surface area contributed by atoms with Crippen LogP contribution in [-0.4, -0.2) is 15.8 Å². The van der Waals surface area contributed by atoms with E-state index in [9.17, 15) is 4.57 Å². The summed E-state index contributed by atoms with van der Waals surface area (Å²) in [5.74, 6) is 0.918. The highest BCUT2D eigenvalue weighted by atomic mass is 31.2. The number of hydrogen-bond acceptors (Lipinski definition) is 2. The van der Waals surface area contributed by atoms with Gasteiger partial charge in [-0.05, 0) is 12.8 Å². The Morgan fingerprint density at radius 2 is 1.85 bits per heavy atom. The molecule has 0 spiro atoms. The zero-order valence-electron chi connectivity index (χ0n) is 7.52. The minimum atomic E-state index is -3.98. The van der Waals surface area contributed by atoms with Crippen molar-refractivity contribution in [1.82, 2.24) is 5.32 Å². The predicted molar refractivity (Wildman–Crippen MR) is 51.2 cm³/mol. The lowest BCUT2D eigenvalue weighted by Crippen LogP contribution is -2.26.